The van der Waals surface area contributed by atoms with Gasteiger partial charge in [0.2, 0.25) is 0 Å². The molecule has 10 heavy (non-hydrogen) atoms. The van der Waals surface area contributed by atoms with E-state index in [1.807, 2.05) is 6.26 Å². The zero-order valence-corrected chi connectivity index (χ0v) is 6.13. The second-order valence-corrected chi connectivity index (χ2v) is 2.39. The topological polar surface area (TPSA) is 55.1 Å². The molecule has 0 amide bonds. The van der Waals surface area contributed by atoms with Crippen molar-refractivity contribution in [3.8, 4) is 0 Å². The van der Waals surface area contributed by atoms with Gasteiger partial charge in [-0.1, -0.05) is 0 Å². The molecule has 5 heteroatoms. The van der Waals surface area contributed by atoms with Crippen molar-refractivity contribution in [1.82, 2.24) is 8.96 Å². The molecule has 0 bridgehead atoms. The standard InChI is InChI=1S/C5H6N2O2S/c1-10-7-2-4(5(8)9)6-3-7/h2-3H,1H3,(H,8,9). The summed E-state index contributed by atoms with van der Waals surface area (Å²) in [5.41, 5.74) is 0.0781. The van der Waals surface area contributed by atoms with E-state index in [4.69, 9.17) is 5.11 Å². The van der Waals surface area contributed by atoms with Gasteiger partial charge in [0.1, 0.15) is 6.33 Å². The van der Waals surface area contributed by atoms with E-state index in [0.717, 1.165) is 0 Å². The normalized spacial score (nSPS) is 9.70. The Bertz CT molecular complexity index is 246. The van der Waals surface area contributed by atoms with Crippen molar-refractivity contribution in [3.63, 3.8) is 0 Å². The van der Waals surface area contributed by atoms with Crippen LogP contribution in [-0.4, -0.2) is 26.3 Å². The highest BCUT2D eigenvalue weighted by molar-refractivity contribution is 7.97. The average Bonchev–Trinajstić information content (AvgIpc) is 2.34. The monoisotopic (exact) mass is 158 g/mol. The Morgan fingerprint density at radius 2 is 2.60 bits per heavy atom. The smallest absolute Gasteiger partial charge is 0.356 e. The Morgan fingerprint density at radius 1 is 1.90 bits per heavy atom. The number of carboxylic acid groups (broad SMARTS) is 1. The number of aromatic carboxylic acids is 1. The molecular formula is C5H6N2O2S. The maximum absolute atomic E-state index is 10.2. The summed E-state index contributed by atoms with van der Waals surface area (Å²) in [4.78, 5) is 13.9. The van der Waals surface area contributed by atoms with Gasteiger partial charge in [-0.2, -0.15) is 0 Å². The molecule has 54 valence electrons. The molecule has 4 nitrogen and oxygen atoms in total. The number of rotatable bonds is 2. The molecule has 0 fully saturated rings. The molecule has 0 saturated carbocycles. The van der Waals surface area contributed by atoms with Crippen molar-refractivity contribution >= 4 is 17.9 Å². The molecule has 1 N–H and O–H groups in total. The van der Waals surface area contributed by atoms with Crippen molar-refractivity contribution in [2.24, 2.45) is 0 Å². The molecule has 0 unspecified atom stereocenters. The van der Waals surface area contributed by atoms with E-state index in [-0.39, 0.29) is 5.69 Å². The van der Waals surface area contributed by atoms with Crippen molar-refractivity contribution < 1.29 is 9.90 Å². The van der Waals surface area contributed by atoms with Crippen LogP contribution in [-0.2, 0) is 0 Å². The molecular weight excluding hydrogens is 152 g/mol. The molecule has 0 saturated heterocycles. The Morgan fingerprint density at radius 3 is 2.90 bits per heavy atom. The van der Waals surface area contributed by atoms with Crippen LogP contribution in [0, 0.1) is 0 Å². The van der Waals surface area contributed by atoms with Crippen molar-refractivity contribution in [2.75, 3.05) is 6.26 Å². The number of imidazole rings is 1. The Hall–Kier alpha value is -0.970. The summed E-state index contributed by atoms with van der Waals surface area (Å²) in [5.74, 6) is -0.993. The Balaban J connectivity index is 2.88. The van der Waals surface area contributed by atoms with E-state index in [2.05, 4.69) is 4.98 Å². The average molecular weight is 158 g/mol. The first-order valence-electron chi connectivity index (χ1n) is 2.56. The molecule has 0 aliphatic heterocycles. The SMILES string of the molecule is CSn1cnc(C(=O)O)c1. The molecule has 0 atom stereocenters. The van der Waals surface area contributed by atoms with Gasteiger partial charge in [-0.25, -0.2) is 9.78 Å². The summed E-state index contributed by atoms with van der Waals surface area (Å²) in [5, 5.41) is 8.41. The minimum Gasteiger partial charge on any atom is -0.476 e. The van der Waals surface area contributed by atoms with Gasteiger partial charge in [0.15, 0.2) is 5.69 Å². The highest BCUT2D eigenvalue weighted by Gasteiger charge is 2.04. The van der Waals surface area contributed by atoms with E-state index >= 15 is 0 Å². The number of carboxylic acids is 1. The lowest BCUT2D eigenvalue weighted by Crippen LogP contribution is -1.94. The highest BCUT2D eigenvalue weighted by atomic mass is 32.2. The van der Waals surface area contributed by atoms with Crippen molar-refractivity contribution in [2.45, 2.75) is 0 Å². The van der Waals surface area contributed by atoms with Gasteiger partial charge in [-0.05, 0) is 11.9 Å². The number of nitrogens with zero attached hydrogens (tertiary/aromatic N) is 2. The fourth-order valence-corrected chi connectivity index (χ4v) is 0.863. The lowest BCUT2D eigenvalue weighted by atomic mass is 10.5. The first kappa shape index (κ1) is 7.14. The molecule has 0 aromatic carbocycles. The number of hydrogen-bond donors (Lipinski definition) is 1. The van der Waals surface area contributed by atoms with Crippen molar-refractivity contribution in [3.05, 3.63) is 18.2 Å². The molecule has 0 radical (unpaired) electrons. The molecule has 1 aromatic heterocycles. The number of aromatic nitrogens is 2. The number of hydrogen-bond acceptors (Lipinski definition) is 3. The van der Waals surface area contributed by atoms with Gasteiger partial charge in [-0.3, -0.25) is 3.97 Å². The van der Waals surface area contributed by atoms with Crippen LogP contribution in [0.3, 0.4) is 0 Å². The summed E-state index contributed by atoms with van der Waals surface area (Å²) in [6.45, 7) is 0. The third-order valence-electron chi connectivity index (χ3n) is 0.990. The molecule has 0 aliphatic carbocycles. The van der Waals surface area contributed by atoms with Gasteiger partial charge in [0, 0.05) is 6.26 Å². The summed E-state index contributed by atoms with van der Waals surface area (Å²) in [6.07, 6.45) is 4.77. The third kappa shape index (κ3) is 1.30. The van der Waals surface area contributed by atoms with E-state index in [1.165, 1.54) is 24.5 Å². The summed E-state index contributed by atoms with van der Waals surface area (Å²) in [6, 6.07) is 0. The van der Waals surface area contributed by atoms with E-state index in [1.54, 1.807) is 3.97 Å². The second kappa shape index (κ2) is 2.74. The van der Waals surface area contributed by atoms with Crippen LogP contribution < -0.4 is 0 Å². The molecule has 1 rings (SSSR count). The van der Waals surface area contributed by atoms with Gasteiger partial charge >= 0.3 is 5.97 Å². The van der Waals surface area contributed by atoms with Gasteiger partial charge in [-0.15, -0.1) is 0 Å². The Kier molecular flexibility index (Phi) is 1.96. The lowest BCUT2D eigenvalue weighted by molar-refractivity contribution is 0.0691. The first-order chi connectivity index (χ1) is 4.74. The minimum absolute atomic E-state index is 0.0781. The maximum atomic E-state index is 10.2. The van der Waals surface area contributed by atoms with Crippen LogP contribution in [0.25, 0.3) is 0 Å². The number of carbonyl (C=O) groups is 1. The van der Waals surface area contributed by atoms with E-state index < -0.39 is 5.97 Å². The lowest BCUT2D eigenvalue weighted by Gasteiger charge is -1.87. The summed E-state index contributed by atoms with van der Waals surface area (Å²) < 4.78 is 1.63. The minimum atomic E-state index is -0.993. The first-order valence-corrected chi connectivity index (χ1v) is 3.74. The van der Waals surface area contributed by atoms with Gasteiger partial charge in [0.25, 0.3) is 0 Å². The van der Waals surface area contributed by atoms with Crippen LogP contribution in [0.2, 0.25) is 0 Å². The highest BCUT2D eigenvalue weighted by Crippen LogP contribution is 2.02. The van der Waals surface area contributed by atoms with Crippen LogP contribution in [0.4, 0.5) is 0 Å². The third-order valence-corrected chi connectivity index (χ3v) is 1.61. The largest absolute Gasteiger partial charge is 0.476 e. The van der Waals surface area contributed by atoms with Crippen molar-refractivity contribution in [1.29, 1.82) is 0 Å². The molecule has 0 aliphatic rings. The fourth-order valence-electron chi connectivity index (χ4n) is 0.517. The van der Waals surface area contributed by atoms with Gasteiger partial charge < -0.3 is 5.11 Å². The molecule has 1 heterocycles. The molecule has 0 spiro atoms. The predicted molar refractivity (Wildman–Crippen MR) is 38.1 cm³/mol. The zero-order chi connectivity index (χ0) is 7.56. The molecule has 1 aromatic rings. The van der Waals surface area contributed by atoms with Crippen LogP contribution in [0.1, 0.15) is 10.5 Å². The summed E-state index contributed by atoms with van der Waals surface area (Å²) in [7, 11) is 0. The van der Waals surface area contributed by atoms with E-state index in [0.29, 0.717) is 0 Å². The second-order valence-electron chi connectivity index (χ2n) is 1.61. The quantitative estimate of drug-likeness (QED) is 0.688. The van der Waals surface area contributed by atoms with E-state index in [9.17, 15) is 4.79 Å². The van der Waals surface area contributed by atoms with Crippen LogP contribution in [0.5, 0.6) is 0 Å². The zero-order valence-electron chi connectivity index (χ0n) is 5.31. The fraction of sp³-hybridized carbons (Fsp3) is 0.200. The maximum Gasteiger partial charge on any atom is 0.356 e. The predicted octanol–water partition coefficient (Wildman–Crippen LogP) is 0.707. The van der Waals surface area contributed by atoms with Crippen LogP contribution in [0.15, 0.2) is 12.5 Å². The van der Waals surface area contributed by atoms with Crippen LogP contribution >= 0.6 is 11.9 Å². The van der Waals surface area contributed by atoms with Gasteiger partial charge in [0.05, 0.1) is 6.20 Å². The summed E-state index contributed by atoms with van der Waals surface area (Å²) >= 11 is 1.40. The Labute approximate surface area is 62.0 Å².